The van der Waals surface area contributed by atoms with Crippen LogP contribution in [0.25, 0.3) is 0 Å². The molecule has 118 valence electrons. The Morgan fingerprint density at radius 3 is 2.86 bits per heavy atom. The first-order chi connectivity index (χ1) is 9.99. The van der Waals surface area contributed by atoms with Crippen molar-refractivity contribution >= 4 is 21.4 Å². The van der Waals surface area contributed by atoms with Gasteiger partial charge in [-0.05, 0) is 50.9 Å². The number of nitrogen functional groups attached to an aromatic ring is 1. The number of nitrogens with zero attached hydrogens (tertiary/aromatic N) is 1. The van der Waals surface area contributed by atoms with Crippen molar-refractivity contribution in [3.63, 3.8) is 0 Å². The maximum atomic E-state index is 11.8. The zero-order chi connectivity index (χ0) is 15.5. The van der Waals surface area contributed by atoms with E-state index in [4.69, 9.17) is 10.8 Å². The van der Waals surface area contributed by atoms with Gasteiger partial charge in [-0.1, -0.05) is 0 Å². The van der Waals surface area contributed by atoms with Crippen LogP contribution in [0, 0.1) is 0 Å². The van der Waals surface area contributed by atoms with Crippen molar-refractivity contribution in [1.29, 1.82) is 0 Å². The van der Waals surface area contributed by atoms with E-state index >= 15 is 0 Å². The summed E-state index contributed by atoms with van der Waals surface area (Å²) in [4.78, 5) is 2.40. The van der Waals surface area contributed by atoms with E-state index in [1.807, 2.05) is 0 Å². The van der Waals surface area contributed by atoms with Gasteiger partial charge in [-0.3, -0.25) is 0 Å². The van der Waals surface area contributed by atoms with Crippen LogP contribution < -0.4 is 15.4 Å². The van der Waals surface area contributed by atoms with Crippen LogP contribution in [0.2, 0.25) is 0 Å². The van der Waals surface area contributed by atoms with Gasteiger partial charge in [0.05, 0.1) is 16.3 Å². The lowest BCUT2D eigenvalue weighted by Crippen LogP contribution is -2.30. The lowest BCUT2D eigenvalue weighted by molar-refractivity contribution is 0.279. The van der Waals surface area contributed by atoms with Gasteiger partial charge in [0.2, 0.25) is 10.0 Å². The number of hydrogen-bond acceptors (Lipinski definition) is 5. The fourth-order valence-corrected chi connectivity index (χ4v) is 3.62. The molecule has 0 bridgehead atoms. The molecule has 4 N–H and O–H groups in total. The fourth-order valence-electron chi connectivity index (χ4n) is 2.86. The highest BCUT2D eigenvalue weighted by molar-refractivity contribution is 7.89. The topological polar surface area (TPSA) is 95.7 Å². The van der Waals surface area contributed by atoms with Crippen LogP contribution >= 0.6 is 0 Å². The summed E-state index contributed by atoms with van der Waals surface area (Å²) < 4.78 is 25.9. The van der Waals surface area contributed by atoms with Crippen molar-refractivity contribution in [2.75, 3.05) is 30.8 Å². The smallest absolute Gasteiger partial charge is 0.240 e. The Morgan fingerprint density at radius 1 is 1.48 bits per heavy atom. The van der Waals surface area contributed by atoms with Gasteiger partial charge in [0, 0.05) is 19.2 Å². The standard InChI is InChI=1S/C14H23N3O3S/c1-16-21(19,20)12-6-7-14(13(15)10-12)17-8-2-4-11(17)5-3-9-18/h6-7,10-11,16,18H,2-5,8-9,15H2,1H3. The monoisotopic (exact) mass is 313 g/mol. The molecule has 0 amide bonds. The minimum atomic E-state index is -3.47. The van der Waals surface area contributed by atoms with Crippen LogP contribution in [0.3, 0.4) is 0 Å². The largest absolute Gasteiger partial charge is 0.397 e. The number of nitrogens with one attached hydrogen (secondary N) is 1. The summed E-state index contributed by atoms with van der Waals surface area (Å²) in [6, 6.07) is 5.23. The molecule has 1 fully saturated rings. The van der Waals surface area contributed by atoms with Crippen LogP contribution in [0.5, 0.6) is 0 Å². The Bertz CT molecular complexity index is 589. The molecule has 0 spiro atoms. The first kappa shape index (κ1) is 16.1. The van der Waals surface area contributed by atoms with Crippen molar-refractivity contribution in [3.8, 4) is 0 Å². The molecule has 1 unspecified atom stereocenters. The SMILES string of the molecule is CNS(=O)(=O)c1ccc(N2CCCC2CCCO)c(N)c1. The molecular formula is C14H23N3O3S. The summed E-state index contributed by atoms with van der Waals surface area (Å²) in [6.45, 7) is 1.11. The van der Waals surface area contributed by atoms with Crippen LogP contribution in [-0.2, 0) is 10.0 Å². The predicted molar refractivity (Wildman–Crippen MR) is 83.8 cm³/mol. The molecule has 0 aromatic heterocycles. The molecule has 1 atom stereocenters. The molecule has 0 saturated carbocycles. The summed E-state index contributed by atoms with van der Waals surface area (Å²) >= 11 is 0. The molecule has 1 heterocycles. The Hall–Kier alpha value is -1.31. The van der Waals surface area contributed by atoms with E-state index in [1.54, 1.807) is 12.1 Å². The van der Waals surface area contributed by atoms with Gasteiger partial charge in [0.1, 0.15) is 0 Å². The molecule has 1 aliphatic rings. The van der Waals surface area contributed by atoms with Gasteiger partial charge in [-0.25, -0.2) is 13.1 Å². The number of aliphatic hydroxyl groups is 1. The molecule has 7 heteroatoms. The number of hydrogen-bond donors (Lipinski definition) is 3. The predicted octanol–water partition coefficient (Wildman–Crippen LogP) is 0.918. The second-order valence-electron chi connectivity index (χ2n) is 5.28. The first-order valence-electron chi connectivity index (χ1n) is 7.20. The minimum absolute atomic E-state index is 0.178. The highest BCUT2D eigenvalue weighted by Crippen LogP contribution is 2.33. The van der Waals surface area contributed by atoms with Crippen molar-refractivity contribution in [3.05, 3.63) is 18.2 Å². The van der Waals surface area contributed by atoms with Crippen molar-refractivity contribution in [1.82, 2.24) is 4.72 Å². The Morgan fingerprint density at radius 2 is 2.24 bits per heavy atom. The molecular weight excluding hydrogens is 290 g/mol. The summed E-state index contributed by atoms with van der Waals surface area (Å²) in [7, 11) is -2.09. The number of anilines is 2. The van der Waals surface area contributed by atoms with Gasteiger partial charge in [-0.2, -0.15) is 0 Å². The van der Waals surface area contributed by atoms with Gasteiger partial charge in [-0.15, -0.1) is 0 Å². The highest BCUT2D eigenvalue weighted by Gasteiger charge is 2.26. The zero-order valence-electron chi connectivity index (χ0n) is 12.2. The number of nitrogens with two attached hydrogens (primary N) is 1. The molecule has 1 saturated heterocycles. The summed E-state index contributed by atoms with van der Waals surface area (Å²) in [6.07, 6.45) is 3.86. The summed E-state index contributed by atoms with van der Waals surface area (Å²) in [5.74, 6) is 0. The average molecular weight is 313 g/mol. The van der Waals surface area contributed by atoms with Crippen LogP contribution in [-0.4, -0.2) is 39.8 Å². The second kappa shape index (κ2) is 6.64. The fraction of sp³-hybridized carbons (Fsp3) is 0.571. The Kier molecular flexibility index (Phi) is 5.08. The first-order valence-corrected chi connectivity index (χ1v) is 8.68. The zero-order valence-corrected chi connectivity index (χ0v) is 13.1. The summed E-state index contributed by atoms with van der Waals surface area (Å²) in [5.41, 5.74) is 7.41. The van der Waals surface area contributed by atoms with Gasteiger partial charge < -0.3 is 15.7 Å². The van der Waals surface area contributed by atoms with Crippen molar-refractivity contribution < 1.29 is 13.5 Å². The number of benzene rings is 1. The maximum absolute atomic E-state index is 11.8. The number of sulfonamides is 1. The molecule has 0 aliphatic carbocycles. The maximum Gasteiger partial charge on any atom is 0.240 e. The average Bonchev–Trinajstić information content (AvgIpc) is 2.93. The van der Waals surface area contributed by atoms with E-state index in [9.17, 15) is 8.42 Å². The number of rotatable bonds is 6. The minimum Gasteiger partial charge on any atom is -0.397 e. The van der Waals surface area contributed by atoms with Gasteiger partial charge in [0.25, 0.3) is 0 Å². The Labute approximate surface area is 126 Å². The normalized spacial score (nSPS) is 19.1. The molecule has 6 nitrogen and oxygen atoms in total. The highest BCUT2D eigenvalue weighted by atomic mass is 32.2. The van der Waals surface area contributed by atoms with Crippen LogP contribution in [0.4, 0.5) is 11.4 Å². The lowest BCUT2D eigenvalue weighted by atomic mass is 10.1. The van der Waals surface area contributed by atoms with E-state index in [2.05, 4.69) is 9.62 Å². The van der Waals surface area contributed by atoms with Crippen molar-refractivity contribution in [2.45, 2.75) is 36.6 Å². The molecule has 2 rings (SSSR count). The third-order valence-corrected chi connectivity index (χ3v) is 5.37. The third-order valence-electron chi connectivity index (χ3n) is 3.96. The Balaban J connectivity index is 2.24. The van der Waals surface area contributed by atoms with Crippen molar-refractivity contribution in [2.24, 2.45) is 0 Å². The van der Waals surface area contributed by atoms with Gasteiger partial charge >= 0.3 is 0 Å². The van der Waals surface area contributed by atoms with E-state index < -0.39 is 10.0 Å². The third kappa shape index (κ3) is 3.48. The van der Waals surface area contributed by atoms with Crippen LogP contribution in [0.1, 0.15) is 25.7 Å². The molecule has 0 radical (unpaired) electrons. The van der Waals surface area contributed by atoms with Gasteiger partial charge in [0.15, 0.2) is 0 Å². The lowest BCUT2D eigenvalue weighted by Gasteiger charge is -2.28. The quantitative estimate of drug-likeness (QED) is 0.679. The van der Waals surface area contributed by atoms with Crippen LogP contribution in [0.15, 0.2) is 23.1 Å². The second-order valence-corrected chi connectivity index (χ2v) is 7.17. The van der Waals surface area contributed by atoms with E-state index in [1.165, 1.54) is 13.1 Å². The molecule has 1 aromatic rings. The van der Waals surface area contributed by atoms with E-state index in [0.29, 0.717) is 11.7 Å². The van der Waals surface area contributed by atoms with E-state index in [0.717, 1.165) is 37.9 Å². The van der Waals surface area contributed by atoms with E-state index in [-0.39, 0.29) is 11.5 Å². The number of aliphatic hydroxyl groups excluding tert-OH is 1. The molecule has 21 heavy (non-hydrogen) atoms. The molecule has 1 aliphatic heterocycles. The summed E-state index contributed by atoms with van der Waals surface area (Å²) in [5, 5.41) is 8.97. The molecule has 1 aromatic carbocycles.